The van der Waals surface area contributed by atoms with Gasteiger partial charge in [0, 0.05) is 38.3 Å². The monoisotopic (exact) mass is 537 g/mol. The summed E-state index contributed by atoms with van der Waals surface area (Å²) in [5.74, 6) is -0.405. The summed E-state index contributed by atoms with van der Waals surface area (Å²) in [4.78, 5) is 28.5. The topological polar surface area (TPSA) is 61.9 Å². The number of urea groups is 1. The van der Waals surface area contributed by atoms with Gasteiger partial charge in [0.15, 0.2) is 0 Å². The molecular formula is C25H33F6N3O3. The summed E-state index contributed by atoms with van der Waals surface area (Å²) in [5, 5.41) is 3.05. The van der Waals surface area contributed by atoms with E-state index >= 15 is 0 Å². The van der Waals surface area contributed by atoms with Crippen molar-refractivity contribution in [3.8, 4) is 0 Å². The van der Waals surface area contributed by atoms with Gasteiger partial charge in [0.2, 0.25) is 0 Å². The number of carbonyl (C=O) groups excluding carboxylic acids is 2. The molecule has 2 amide bonds. The van der Waals surface area contributed by atoms with Crippen LogP contribution in [0.25, 0.3) is 0 Å². The number of halogens is 6. The summed E-state index contributed by atoms with van der Waals surface area (Å²) in [6.45, 7) is 2.03. The largest absolute Gasteiger partial charge is 0.469 e. The van der Waals surface area contributed by atoms with E-state index in [9.17, 15) is 35.9 Å². The Balaban J connectivity index is 1.63. The van der Waals surface area contributed by atoms with Crippen molar-refractivity contribution < 1.29 is 40.7 Å². The molecule has 0 spiro atoms. The predicted molar refractivity (Wildman–Crippen MR) is 123 cm³/mol. The van der Waals surface area contributed by atoms with Crippen LogP contribution in [0.15, 0.2) is 18.2 Å². The molecule has 1 saturated heterocycles. The molecule has 2 aliphatic rings. The Hall–Kier alpha value is -2.50. The zero-order valence-electron chi connectivity index (χ0n) is 21.1. The van der Waals surface area contributed by atoms with Crippen LogP contribution in [0.5, 0.6) is 0 Å². The molecule has 6 nitrogen and oxygen atoms in total. The van der Waals surface area contributed by atoms with Gasteiger partial charge in [-0.2, -0.15) is 26.3 Å². The lowest BCUT2D eigenvalue weighted by molar-refractivity contribution is -0.147. The first kappa shape index (κ1) is 29.1. The molecule has 2 atom stereocenters. The standard InChI is InChI=1S/C25H33F6N3O3/c1-4-20-12-19(32-13-15-9-17(24(26,27)28)11-18(10-15)25(29,30)31)14-34(20)23(36)33(2)21-7-5-16(6-8-21)22(35)37-3/h9-11,16,19-21,32H,4-8,12-14H2,1-3H3/t16-,19-,20+,21+/m0/s1. The van der Waals surface area contributed by atoms with Crippen LogP contribution in [0.4, 0.5) is 31.1 Å². The second kappa shape index (κ2) is 11.5. The molecule has 3 rings (SSSR count). The minimum Gasteiger partial charge on any atom is -0.469 e. The number of rotatable bonds is 6. The number of amides is 2. The molecule has 0 aromatic heterocycles. The van der Waals surface area contributed by atoms with E-state index in [-0.39, 0.29) is 54.2 Å². The van der Waals surface area contributed by atoms with Crippen molar-refractivity contribution in [1.29, 1.82) is 0 Å². The molecule has 1 aromatic carbocycles. The maximum atomic E-state index is 13.3. The normalized spacial score (nSPS) is 24.7. The van der Waals surface area contributed by atoms with Crippen molar-refractivity contribution in [2.75, 3.05) is 20.7 Å². The first-order chi connectivity index (χ1) is 17.2. The molecule has 1 aliphatic heterocycles. The van der Waals surface area contributed by atoms with E-state index in [0.717, 1.165) is 12.1 Å². The van der Waals surface area contributed by atoms with Gasteiger partial charge in [0.05, 0.1) is 24.2 Å². The molecule has 0 unspecified atom stereocenters. The highest BCUT2D eigenvalue weighted by Gasteiger charge is 2.39. The maximum absolute atomic E-state index is 13.3. The highest BCUT2D eigenvalue weighted by molar-refractivity contribution is 5.75. The number of esters is 1. The number of ether oxygens (including phenoxy) is 1. The summed E-state index contributed by atoms with van der Waals surface area (Å²) in [6.07, 6.45) is -6.00. The number of alkyl halides is 6. The van der Waals surface area contributed by atoms with E-state index in [0.29, 0.717) is 45.1 Å². The second-order valence-corrected chi connectivity index (χ2v) is 9.86. The van der Waals surface area contributed by atoms with Crippen molar-refractivity contribution in [3.63, 3.8) is 0 Å². The molecule has 1 aliphatic carbocycles. The Morgan fingerprint density at radius 3 is 2.08 bits per heavy atom. The summed E-state index contributed by atoms with van der Waals surface area (Å²) >= 11 is 0. The van der Waals surface area contributed by atoms with Crippen molar-refractivity contribution in [1.82, 2.24) is 15.1 Å². The van der Waals surface area contributed by atoms with Gasteiger partial charge in [0.1, 0.15) is 0 Å². The fraction of sp³-hybridized carbons (Fsp3) is 0.680. The van der Waals surface area contributed by atoms with Crippen molar-refractivity contribution in [3.05, 3.63) is 34.9 Å². The lowest BCUT2D eigenvalue weighted by atomic mass is 9.85. The van der Waals surface area contributed by atoms with Gasteiger partial charge < -0.3 is 19.9 Å². The van der Waals surface area contributed by atoms with Crippen LogP contribution in [0.2, 0.25) is 0 Å². The third-order valence-corrected chi connectivity index (χ3v) is 7.45. The van der Waals surface area contributed by atoms with E-state index in [2.05, 4.69) is 5.32 Å². The van der Waals surface area contributed by atoms with E-state index in [1.165, 1.54) is 7.11 Å². The fourth-order valence-corrected chi connectivity index (χ4v) is 5.29. The highest BCUT2D eigenvalue weighted by atomic mass is 19.4. The Labute approximate surface area is 212 Å². The number of methoxy groups -OCH3 is 1. The van der Waals surface area contributed by atoms with Crippen molar-refractivity contribution >= 4 is 12.0 Å². The van der Waals surface area contributed by atoms with Gasteiger partial charge in [0.25, 0.3) is 0 Å². The molecule has 12 heteroatoms. The Morgan fingerprint density at radius 1 is 1.03 bits per heavy atom. The summed E-state index contributed by atoms with van der Waals surface area (Å²) in [7, 11) is 3.08. The molecule has 1 saturated carbocycles. The summed E-state index contributed by atoms with van der Waals surface area (Å²) < 4.78 is 83.8. The number of hydrogen-bond acceptors (Lipinski definition) is 4. The van der Waals surface area contributed by atoms with Crippen LogP contribution >= 0.6 is 0 Å². The average Bonchev–Trinajstić information content (AvgIpc) is 3.28. The van der Waals surface area contributed by atoms with Crippen LogP contribution < -0.4 is 5.32 Å². The van der Waals surface area contributed by atoms with E-state index in [4.69, 9.17) is 4.74 Å². The van der Waals surface area contributed by atoms with Crippen LogP contribution in [0.3, 0.4) is 0 Å². The first-order valence-electron chi connectivity index (χ1n) is 12.4. The van der Waals surface area contributed by atoms with E-state index < -0.39 is 23.5 Å². The van der Waals surface area contributed by atoms with Crippen LogP contribution in [0, 0.1) is 5.92 Å². The minimum absolute atomic E-state index is 0.0242. The molecule has 0 radical (unpaired) electrons. The number of likely N-dealkylation sites (tertiary alicyclic amines) is 1. The molecule has 37 heavy (non-hydrogen) atoms. The molecule has 1 N–H and O–H groups in total. The average molecular weight is 538 g/mol. The SMILES string of the molecule is CC[C@@H]1C[C@H](NCc2cc(C(F)(F)F)cc(C(F)(F)F)c2)CN1C(=O)N(C)[C@H]1CC[C@@H](C(=O)OC)CC1. The zero-order valence-corrected chi connectivity index (χ0v) is 21.1. The highest BCUT2D eigenvalue weighted by Crippen LogP contribution is 2.36. The van der Waals surface area contributed by atoms with Crippen LogP contribution in [-0.2, 0) is 28.4 Å². The van der Waals surface area contributed by atoms with Gasteiger partial charge in [-0.25, -0.2) is 4.79 Å². The molecule has 1 heterocycles. The third kappa shape index (κ3) is 7.08. The summed E-state index contributed by atoms with van der Waals surface area (Å²) in [5.41, 5.74) is -2.82. The zero-order chi connectivity index (χ0) is 27.5. The van der Waals surface area contributed by atoms with Gasteiger partial charge in [-0.15, -0.1) is 0 Å². The molecule has 0 bridgehead atoms. The molecule has 208 valence electrons. The Bertz CT molecular complexity index is 928. The fourth-order valence-electron chi connectivity index (χ4n) is 5.29. The lowest BCUT2D eigenvalue weighted by Gasteiger charge is -2.37. The third-order valence-electron chi connectivity index (χ3n) is 7.45. The lowest BCUT2D eigenvalue weighted by Crippen LogP contribution is -2.49. The summed E-state index contributed by atoms with van der Waals surface area (Å²) in [6, 6.07) is 0.972. The van der Waals surface area contributed by atoms with Gasteiger partial charge >= 0.3 is 24.4 Å². The quantitative estimate of drug-likeness (QED) is 0.387. The number of hydrogen-bond donors (Lipinski definition) is 1. The predicted octanol–water partition coefficient (Wildman–Crippen LogP) is 5.45. The van der Waals surface area contributed by atoms with Crippen molar-refractivity contribution in [2.24, 2.45) is 5.92 Å². The Kier molecular flexibility index (Phi) is 9.02. The smallest absolute Gasteiger partial charge is 0.416 e. The maximum Gasteiger partial charge on any atom is 0.416 e. The number of benzene rings is 1. The van der Waals surface area contributed by atoms with Crippen LogP contribution in [0.1, 0.15) is 62.1 Å². The molecule has 1 aromatic rings. The van der Waals surface area contributed by atoms with Gasteiger partial charge in [-0.3, -0.25) is 4.79 Å². The second-order valence-electron chi connectivity index (χ2n) is 9.86. The number of nitrogens with one attached hydrogen (secondary N) is 1. The Morgan fingerprint density at radius 2 is 1.59 bits per heavy atom. The minimum atomic E-state index is -4.90. The van der Waals surface area contributed by atoms with Gasteiger partial charge in [-0.1, -0.05) is 6.92 Å². The number of nitrogens with zero attached hydrogens (tertiary/aromatic N) is 2. The van der Waals surface area contributed by atoms with Crippen molar-refractivity contribution in [2.45, 2.75) is 82.5 Å². The number of carbonyl (C=O) groups is 2. The van der Waals surface area contributed by atoms with Gasteiger partial charge in [-0.05, 0) is 62.3 Å². The van der Waals surface area contributed by atoms with E-state index in [1.807, 2.05) is 6.92 Å². The molecular weight excluding hydrogens is 504 g/mol. The van der Waals surface area contributed by atoms with E-state index in [1.54, 1.807) is 16.8 Å². The first-order valence-corrected chi connectivity index (χ1v) is 12.4. The van der Waals surface area contributed by atoms with Crippen LogP contribution in [-0.4, -0.2) is 60.6 Å². The molecule has 2 fully saturated rings.